The van der Waals surface area contributed by atoms with E-state index in [9.17, 15) is 9.18 Å². The number of carbonyl (C=O) groups excluding carboxylic acids is 1. The Morgan fingerprint density at radius 3 is 2.52 bits per heavy atom. The number of amides is 1. The van der Waals surface area contributed by atoms with Gasteiger partial charge in [-0.15, -0.1) is 0 Å². The number of rotatable bonds is 5. The monoisotopic (exact) mass is 350 g/mol. The molecule has 3 nitrogen and oxygen atoms in total. The van der Waals surface area contributed by atoms with Crippen LogP contribution in [0, 0.1) is 5.82 Å². The molecule has 0 unspecified atom stereocenters. The Balaban J connectivity index is 1.88. The number of nitrogens with one attached hydrogen (secondary N) is 2. The fourth-order valence-corrected chi connectivity index (χ4v) is 2.32. The third-order valence-corrected chi connectivity index (χ3v) is 3.70. The zero-order chi connectivity index (χ0) is 15.2. The Hall–Kier alpha value is -1.72. The summed E-state index contributed by atoms with van der Waals surface area (Å²) in [6.45, 7) is 2.72. The maximum absolute atomic E-state index is 13.2. The molecular formula is C16H16BrFN2O. The average Bonchev–Trinajstić information content (AvgIpc) is 2.44. The molecule has 2 aromatic carbocycles. The second kappa shape index (κ2) is 7.33. The van der Waals surface area contributed by atoms with E-state index < -0.39 is 0 Å². The van der Waals surface area contributed by atoms with Crippen LogP contribution in [0.15, 0.2) is 46.9 Å². The van der Waals surface area contributed by atoms with Crippen molar-refractivity contribution in [2.45, 2.75) is 20.0 Å². The minimum absolute atomic E-state index is 0.0863. The van der Waals surface area contributed by atoms with Crippen LogP contribution in [0.1, 0.15) is 18.1 Å². The Morgan fingerprint density at radius 1 is 1.14 bits per heavy atom. The number of hydrogen-bond donors (Lipinski definition) is 2. The van der Waals surface area contributed by atoms with Gasteiger partial charge in [0.2, 0.25) is 5.91 Å². The van der Waals surface area contributed by atoms with Crippen LogP contribution >= 0.6 is 15.9 Å². The number of hydrogen-bond acceptors (Lipinski definition) is 2. The summed E-state index contributed by atoms with van der Waals surface area (Å²) in [5, 5.41) is 5.98. The van der Waals surface area contributed by atoms with Crippen LogP contribution in [-0.4, -0.2) is 5.91 Å². The fraction of sp³-hybridized carbons (Fsp3) is 0.188. The van der Waals surface area contributed by atoms with E-state index in [-0.39, 0.29) is 11.7 Å². The van der Waals surface area contributed by atoms with Gasteiger partial charge in [-0.2, -0.15) is 0 Å². The van der Waals surface area contributed by atoms with Gasteiger partial charge in [0.1, 0.15) is 5.82 Å². The smallest absolute Gasteiger partial charge is 0.221 e. The Kier molecular flexibility index (Phi) is 5.47. The predicted molar refractivity (Wildman–Crippen MR) is 85.4 cm³/mol. The van der Waals surface area contributed by atoms with Crippen LogP contribution in [0.5, 0.6) is 0 Å². The highest BCUT2D eigenvalue weighted by molar-refractivity contribution is 9.10. The van der Waals surface area contributed by atoms with E-state index in [1.54, 1.807) is 6.07 Å². The summed E-state index contributed by atoms with van der Waals surface area (Å²) >= 11 is 3.40. The molecular weight excluding hydrogens is 335 g/mol. The highest BCUT2D eigenvalue weighted by Crippen LogP contribution is 2.17. The second-order valence-corrected chi connectivity index (χ2v) is 5.57. The highest BCUT2D eigenvalue weighted by Gasteiger charge is 2.02. The van der Waals surface area contributed by atoms with E-state index >= 15 is 0 Å². The summed E-state index contributed by atoms with van der Waals surface area (Å²) < 4.78 is 14.0. The lowest BCUT2D eigenvalue weighted by Crippen LogP contribution is -2.13. The first-order valence-corrected chi connectivity index (χ1v) is 7.35. The molecule has 1 amide bonds. The van der Waals surface area contributed by atoms with Gasteiger partial charge in [0.25, 0.3) is 0 Å². The normalized spacial score (nSPS) is 10.4. The van der Waals surface area contributed by atoms with Crippen molar-refractivity contribution in [1.82, 2.24) is 5.32 Å². The van der Waals surface area contributed by atoms with Gasteiger partial charge in [0, 0.05) is 30.2 Å². The van der Waals surface area contributed by atoms with Gasteiger partial charge < -0.3 is 10.6 Å². The van der Waals surface area contributed by atoms with Gasteiger partial charge in [0.15, 0.2) is 0 Å². The van der Waals surface area contributed by atoms with Gasteiger partial charge >= 0.3 is 0 Å². The molecule has 2 N–H and O–H groups in total. The van der Waals surface area contributed by atoms with Gasteiger partial charge in [-0.1, -0.05) is 28.1 Å². The predicted octanol–water partition coefficient (Wildman–Crippen LogP) is 3.84. The minimum Gasteiger partial charge on any atom is -0.326 e. The van der Waals surface area contributed by atoms with E-state index in [0.717, 1.165) is 21.3 Å². The molecule has 0 aliphatic carbocycles. The topological polar surface area (TPSA) is 41.1 Å². The molecule has 21 heavy (non-hydrogen) atoms. The molecule has 0 saturated heterocycles. The molecule has 0 heterocycles. The van der Waals surface area contributed by atoms with Crippen LogP contribution in [0.2, 0.25) is 0 Å². The third kappa shape index (κ3) is 4.95. The number of carbonyl (C=O) groups is 1. The SMILES string of the molecule is CC(=O)Nc1ccc(CNCc2cc(F)ccc2Br)cc1. The van der Waals surface area contributed by atoms with Crippen LogP contribution in [0.25, 0.3) is 0 Å². The van der Waals surface area contributed by atoms with Crippen molar-refractivity contribution < 1.29 is 9.18 Å². The summed E-state index contributed by atoms with van der Waals surface area (Å²) in [6.07, 6.45) is 0. The Labute approximate surface area is 131 Å². The van der Waals surface area contributed by atoms with Gasteiger partial charge in [-0.05, 0) is 41.5 Å². The summed E-state index contributed by atoms with van der Waals surface area (Å²) in [5.74, 6) is -0.327. The maximum atomic E-state index is 13.2. The molecule has 0 fully saturated rings. The quantitative estimate of drug-likeness (QED) is 0.860. The molecule has 5 heteroatoms. The number of benzene rings is 2. The van der Waals surface area contributed by atoms with Crippen molar-refractivity contribution in [3.63, 3.8) is 0 Å². The Bertz CT molecular complexity index is 629. The van der Waals surface area contributed by atoms with E-state index in [1.807, 2.05) is 24.3 Å². The highest BCUT2D eigenvalue weighted by atomic mass is 79.9. The van der Waals surface area contributed by atoms with Crippen molar-refractivity contribution in [1.29, 1.82) is 0 Å². The van der Waals surface area contributed by atoms with Gasteiger partial charge in [-0.25, -0.2) is 4.39 Å². The van der Waals surface area contributed by atoms with Crippen LogP contribution in [0.4, 0.5) is 10.1 Å². The minimum atomic E-state index is -0.241. The molecule has 0 saturated carbocycles. The summed E-state index contributed by atoms with van der Waals surface area (Å²) in [7, 11) is 0. The summed E-state index contributed by atoms with van der Waals surface area (Å²) in [4.78, 5) is 10.9. The zero-order valence-electron chi connectivity index (χ0n) is 11.6. The number of anilines is 1. The molecule has 2 aromatic rings. The van der Waals surface area contributed by atoms with Crippen molar-refractivity contribution in [3.05, 3.63) is 63.9 Å². The lowest BCUT2D eigenvalue weighted by Gasteiger charge is -2.08. The maximum Gasteiger partial charge on any atom is 0.221 e. The molecule has 0 atom stereocenters. The third-order valence-electron chi connectivity index (χ3n) is 2.93. The van der Waals surface area contributed by atoms with Gasteiger partial charge in [-0.3, -0.25) is 4.79 Å². The molecule has 0 aromatic heterocycles. The fourth-order valence-electron chi connectivity index (χ4n) is 1.93. The first kappa shape index (κ1) is 15.7. The van der Waals surface area contributed by atoms with E-state index in [4.69, 9.17) is 0 Å². The summed E-state index contributed by atoms with van der Waals surface area (Å²) in [6, 6.07) is 12.2. The molecule has 0 aliphatic heterocycles. The molecule has 2 rings (SSSR count). The van der Waals surface area contributed by atoms with Gasteiger partial charge in [0.05, 0.1) is 0 Å². The molecule has 0 bridgehead atoms. The standard InChI is InChI=1S/C16H16BrFN2O/c1-11(21)20-15-5-2-12(3-6-15)9-19-10-13-8-14(18)4-7-16(13)17/h2-8,19H,9-10H2,1H3,(H,20,21). The average molecular weight is 351 g/mol. The van der Waals surface area contributed by atoms with Crippen molar-refractivity contribution >= 4 is 27.5 Å². The second-order valence-electron chi connectivity index (χ2n) is 4.72. The molecule has 110 valence electrons. The van der Waals surface area contributed by atoms with Crippen LogP contribution in [-0.2, 0) is 17.9 Å². The largest absolute Gasteiger partial charge is 0.326 e. The van der Waals surface area contributed by atoms with Crippen molar-refractivity contribution in [2.75, 3.05) is 5.32 Å². The zero-order valence-corrected chi connectivity index (χ0v) is 13.2. The van der Waals surface area contributed by atoms with Crippen molar-refractivity contribution in [3.8, 4) is 0 Å². The molecule has 0 aliphatic rings. The summed E-state index contributed by atoms with van der Waals surface area (Å²) in [5.41, 5.74) is 2.75. The first-order chi connectivity index (χ1) is 10.0. The van der Waals surface area contributed by atoms with Crippen molar-refractivity contribution in [2.24, 2.45) is 0 Å². The van der Waals surface area contributed by atoms with E-state index in [1.165, 1.54) is 19.1 Å². The lowest BCUT2D eigenvalue weighted by molar-refractivity contribution is -0.114. The first-order valence-electron chi connectivity index (χ1n) is 6.56. The van der Waals surface area contributed by atoms with Crippen LogP contribution < -0.4 is 10.6 Å². The molecule has 0 radical (unpaired) electrons. The van der Waals surface area contributed by atoms with E-state index in [0.29, 0.717) is 13.1 Å². The lowest BCUT2D eigenvalue weighted by atomic mass is 10.2. The van der Waals surface area contributed by atoms with Crippen LogP contribution in [0.3, 0.4) is 0 Å². The Morgan fingerprint density at radius 2 is 1.86 bits per heavy atom. The molecule has 0 spiro atoms. The van der Waals surface area contributed by atoms with E-state index in [2.05, 4.69) is 26.6 Å². The number of halogens is 2.